The van der Waals surface area contributed by atoms with E-state index in [4.69, 9.17) is 10.8 Å². The summed E-state index contributed by atoms with van der Waals surface area (Å²) in [6.07, 6.45) is -0.157. The minimum absolute atomic E-state index is 0.169. The molecule has 1 aromatic heterocycles. The highest BCUT2D eigenvalue weighted by molar-refractivity contribution is 5.79. The Labute approximate surface area is 86.9 Å². The summed E-state index contributed by atoms with van der Waals surface area (Å²) in [4.78, 5) is 14.9. The molecule has 0 saturated carbocycles. The number of nitrogens with two attached hydrogens (primary N) is 1. The number of carbonyl (C=O) groups is 1. The minimum Gasteiger partial charge on any atom is -0.480 e. The Morgan fingerprint density at radius 1 is 1.73 bits per heavy atom. The number of aromatic nitrogens is 1. The summed E-state index contributed by atoms with van der Waals surface area (Å²) < 4.78 is 12.9. The Morgan fingerprint density at radius 2 is 2.40 bits per heavy atom. The van der Waals surface area contributed by atoms with Gasteiger partial charge in [0, 0.05) is 12.6 Å². The van der Waals surface area contributed by atoms with Gasteiger partial charge in [0.2, 0.25) is 0 Å². The number of hydrogen-bond acceptors (Lipinski definition) is 3. The van der Waals surface area contributed by atoms with Crippen LogP contribution in [0.4, 0.5) is 4.39 Å². The van der Waals surface area contributed by atoms with E-state index < -0.39 is 17.7 Å². The number of carboxylic acid groups (broad SMARTS) is 1. The predicted octanol–water partition coefficient (Wildman–Crippen LogP) is 1.07. The lowest BCUT2D eigenvalue weighted by atomic mass is 9.90. The zero-order valence-corrected chi connectivity index (χ0v) is 8.35. The molecule has 0 aromatic carbocycles. The van der Waals surface area contributed by atoms with E-state index >= 15 is 0 Å². The van der Waals surface area contributed by atoms with Crippen LogP contribution >= 0.6 is 0 Å². The molecular weight excluding hydrogens is 199 g/mol. The average Bonchev–Trinajstić information content (AvgIpc) is 2.17. The summed E-state index contributed by atoms with van der Waals surface area (Å²) in [5.41, 5.74) is 4.08. The summed E-state index contributed by atoms with van der Waals surface area (Å²) in [6, 6.07) is 4.75. The van der Waals surface area contributed by atoms with Crippen LogP contribution in [0.15, 0.2) is 24.4 Å². The van der Waals surface area contributed by atoms with Crippen molar-refractivity contribution in [3.8, 4) is 0 Å². The molecule has 0 aliphatic heterocycles. The van der Waals surface area contributed by atoms with E-state index in [9.17, 15) is 9.18 Å². The van der Waals surface area contributed by atoms with Gasteiger partial charge in [-0.25, -0.2) is 9.18 Å². The molecule has 2 atom stereocenters. The van der Waals surface area contributed by atoms with Gasteiger partial charge in [0.05, 0.1) is 5.69 Å². The quantitative estimate of drug-likeness (QED) is 0.782. The highest BCUT2D eigenvalue weighted by atomic mass is 19.1. The fourth-order valence-corrected chi connectivity index (χ4v) is 1.37. The van der Waals surface area contributed by atoms with Crippen LogP contribution in [0.2, 0.25) is 0 Å². The topological polar surface area (TPSA) is 76.2 Å². The molecule has 5 heteroatoms. The minimum atomic E-state index is -1.75. The first-order valence-electron chi connectivity index (χ1n) is 4.54. The number of carboxylic acids is 1. The van der Waals surface area contributed by atoms with Crippen LogP contribution in [-0.2, 0) is 10.3 Å². The molecule has 1 heterocycles. The first-order chi connectivity index (χ1) is 6.97. The standard InChI is InChI=1S/C10H13FN2O2/c1-7(11)6-10(12,9(14)15)8-4-2-3-5-13-8/h2-5,7H,6,12H2,1H3,(H,14,15). The third-order valence-electron chi connectivity index (χ3n) is 2.11. The van der Waals surface area contributed by atoms with Crippen LogP contribution in [0.5, 0.6) is 0 Å². The van der Waals surface area contributed by atoms with E-state index in [0.717, 1.165) is 0 Å². The zero-order chi connectivity index (χ0) is 11.5. The predicted molar refractivity (Wildman–Crippen MR) is 52.9 cm³/mol. The van der Waals surface area contributed by atoms with Crippen LogP contribution in [-0.4, -0.2) is 22.2 Å². The molecule has 0 bridgehead atoms. The molecule has 3 N–H and O–H groups in total. The smallest absolute Gasteiger partial charge is 0.330 e. The Morgan fingerprint density at radius 3 is 2.80 bits per heavy atom. The van der Waals surface area contributed by atoms with E-state index in [-0.39, 0.29) is 12.1 Å². The largest absolute Gasteiger partial charge is 0.480 e. The molecule has 82 valence electrons. The van der Waals surface area contributed by atoms with Crippen molar-refractivity contribution >= 4 is 5.97 Å². The van der Waals surface area contributed by atoms with Crippen molar-refractivity contribution in [2.45, 2.75) is 25.1 Å². The molecule has 0 spiro atoms. The molecule has 0 aliphatic rings. The van der Waals surface area contributed by atoms with E-state index in [1.807, 2.05) is 0 Å². The van der Waals surface area contributed by atoms with E-state index in [1.54, 1.807) is 12.1 Å². The second kappa shape index (κ2) is 4.35. The number of alkyl halides is 1. The van der Waals surface area contributed by atoms with Crippen LogP contribution in [0.1, 0.15) is 19.0 Å². The highest BCUT2D eigenvalue weighted by Crippen LogP contribution is 2.23. The van der Waals surface area contributed by atoms with Crippen LogP contribution in [0.3, 0.4) is 0 Å². The van der Waals surface area contributed by atoms with Crippen molar-refractivity contribution in [2.75, 3.05) is 0 Å². The number of nitrogens with zero attached hydrogens (tertiary/aromatic N) is 1. The molecule has 1 aromatic rings. The molecule has 1 rings (SSSR count). The summed E-state index contributed by atoms with van der Waals surface area (Å²) >= 11 is 0. The second-order valence-corrected chi connectivity index (χ2v) is 3.48. The molecule has 0 aliphatic carbocycles. The third-order valence-corrected chi connectivity index (χ3v) is 2.11. The fourth-order valence-electron chi connectivity index (χ4n) is 1.37. The number of hydrogen-bond donors (Lipinski definition) is 2. The Bertz CT molecular complexity index is 343. The Hall–Kier alpha value is -1.49. The Balaban J connectivity index is 3.07. The zero-order valence-electron chi connectivity index (χ0n) is 8.35. The maximum atomic E-state index is 12.9. The van der Waals surface area contributed by atoms with Crippen molar-refractivity contribution in [3.05, 3.63) is 30.1 Å². The van der Waals surface area contributed by atoms with Crippen molar-refractivity contribution < 1.29 is 14.3 Å². The molecule has 0 radical (unpaired) electrons. The number of pyridine rings is 1. The van der Waals surface area contributed by atoms with Gasteiger partial charge in [-0.1, -0.05) is 6.07 Å². The van der Waals surface area contributed by atoms with Crippen LogP contribution in [0, 0.1) is 0 Å². The number of aliphatic carboxylic acids is 1. The highest BCUT2D eigenvalue weighted by Gasteiger charge is 2.38. The summed E-state index contributed by atoms with van der Waals surface area (Å²) in [7, 11) is 0. The van der Waals surface area contributed by atoms with Crippen molar-refractivity contribution in [1.29, 1.82) is 0 Å². The SMILES string of the molecule is CC(F)CC(N)(C(=O)O)c1ccccn1. The van der Waals surface area contributed by atoms with Crippen molar-refractivity contribution in [3.63, 3.8) is 0 Å². The van der Waals surface area contributed by atoms with Gasteiger partial charge in [0.25, 0.3) is 0 Å². The first kappa shape index (κ1) is 11.6. The molecule has 0 amide bonds. The van der Waals surface area contributed by atoms with Gasteiger partial charge in [0.15, 0.2) is 5.54 Å². The van der Waals surface area contributed by atoms with Crippen molar-refractivity contribution in [1.82, 2.24) is 4.98 Å². The van der Waals surface area contributed by atoms with Gasteiger partial charge >= 0.3 is 5.97 Å². The van der Waals surface area contributed by atoms with Gasteiger partial charge in [0.1, 0.15) is 6.17 Å². The maximum absolute atomic E-state index is 12.9. The summed E-state index contributed by atoms with van der Waals surface area (Å²) in [6.45, 7) is 1.27. The number of rotatable bonds is 4. The normalized spacial score (nSPS) is 16.7. The molecular formula is C10H13FN2O2. The van der Waals surface area contributed by atoms with Gasteiger partial charge < -0.3 is 10.8 Å². The maximum Gasteiger partial charge on any atom is 0.330 e. The summed E-state index contributed by atoms with van der Waals surface area (Å²) in [5.74, 6) is -1.27. The van der Waals surface area contributed by atoms with Crippen molar-refractivity contribution in [2.24, 2.45) is 5.73 Å². The molecule has 0 fully saturated rings. The van der Waals surface area contributed by atoms with Crippen LogP contribution < -0.4 is 5.73 Å². The summed E-state index contributed by atoms with van der Waals surface area (Å²) in [5, 5.41) is 9.00. The van der Waals surface area contributed by atoms with Gasteiger partial charge in [-0.05, 0) is 19.1 Å². The fraction of sp³-hybridized carbons (Fsp3) is 0.400. The van der Waals surface area contributed by atoms with E-state index in [0.29, 0.717) is 0 Å². The molecule has 2 unspecified atom stereocenters. The van der Waals surface area contributed by atoms with Crippen LogP contribution in [0.25, 0.3) is 0 Å². The molecule has 15 heavy (non-hydrogen) atoms. The average molecular weight is 212 g/mol. The lowest BCUT2D eigenvalue weighted by Crippen LogP contribution is -2.47. The number of halogens is 1. The van der Waals surface area contributed by atoms with E-state index in [1.165, 1.54) is 19.2 Å². The third kappa shape index (κ3) is 2.50. The lowest BCUT2D eigenvalue weighted by molar-refractivity contribution is -0.144. The molecule has 4 nitrogen and oxygen atoms in total. The second-order valence-electron chi connectivity index (χ2n) is 3.48. The van der Waals surface area contributed by atoms with E-state index in [2.05, 4.69) is 4.98 Å². The monoisotopic (exact) mass is 212 g/mol. The lowest BCUT2D eigenvalue weighted by Gasteiger charge is -2.24. The van der Waals surface area contributed by atoms with Gasteiger partial charge in [-0.15, -0.1) is 0 Å². The Kier molecular flexibility index (Phi) is 3.36. The van der Waals surface area contributed by atoms with Gasteiger partial charge in [-0.2, -0.15) is 0 Å². The first-order valence-corrected chi connectivity index (χ1v) is 4.54. The van der Waals surface area contributed by atoms with Gasteiger partial charge in [-0.3, -0.25) is 4.98 Å². The molecule has 0 saturated heterocycles.